The van der Waals surface area contributed by atoms with Gasteiger partial charge in [0.15, 0.2) is 5.78 Å². The van der Waals surface area contributed by atoms with Crippen LogP contribution in [0.3, 0.4) is 0 Å². The molecule has 0 fully saturated rings. The van der Waals surface area contributed by atoms with Crippen molar-refractivity contribution in [2.75, 3.05) is 17.7 Å². The van der Waals surface area contributed by atoms with Crippen LogP contribution in [0.1, 0.15) is 61.3 Å². The van der Waals surface area contributed by atoms with Gasteiger partial charge >= 0.3 is 0 Å². The number of ether oxygens (including phenoxy) is 1. The van der Waals surface area contributed by atoms with Crippen molar-refractivity contribution in [3.8, 4) is 5.75 Å². The minimum absolute atomic E-state index is 0.119. The van der Waals surface area contributed by atoms with E-state index < -0.39 is 0 Å². The number of fused-ring (bicyclic) bond motifs is 1. The molecule has 3 aromatic carbocycles. The van der Waals surface area contributed by atoms with E-state index in [2.05, 4.69) is 73.0 Å². The predicted octanol–water partition coefficient (Wildman–Crippen LogP) is 6.80. The molecule has 0 saturated heterocycles. The van der Waals surface area contributed by atoms with Crippen molar-refractivity contribution in [1.29, 1.82) is 0 Å². The van der Waals surface area contributed by atoms with Gasteiger partial charge in [-0.05, 0) is 59.2 Å². The zero-order valence-electron chi connectivity index (χ0n) is 19.4. The Hall–Kier alpha value is -3.53. The molecule has 0 bridgehead atoms. The molecule has 1 aliphatic carbocycles. The molecule has 4 nitrogen and oxygen atoms in total. The number of nitrogens with one attached hydrogen (secondary N) is 2. The number of carbonyl (C=O) groups excluding carboxylic acids is 1. The van der Waals surface area contributed by atoms with Gasteiger partial charge in [0, 0.05) is 17.7 Å². The highest BCUT2D eigenvalue weighted by Crippen LogP contribution is 2.44. The number of hydrogen-bond donors (Lipinski definition) is 2. The number of methoxy groups -OCH3 is 1. The first kappa shape index (κ1) is 21.3. The van der Waals surface area contributed by atoms with Crippen molar-refractivity contribution < 1.29 is 9.53 Å². The Labute approximate surface area is 195 Å². The fraction of sp³-hybridized carbons (Fsp3) is 0.276. The van der Waals surface area contributed by atoms with Crippen LogP contribution >= 0.6 is 0 Å². The molecule has 0 saturated carbocycles. The molecule has 0 aromatic heterocycles. The van der Waals surface area contributed by atoms with Crippen LogP contribution in [0.15, 0.2) is 84.1 Å². The number of anilines is 2. The third-order valence-electron chi connectivity index (χ3n) is 6.81. The summed E-state index contributed by atoms with van der Waals surface area (Å²) in [6.07, 6.45) is 1.27. The van der Waals surface area contributed by atoms with E-state index >= 15 is 0 Å². The van der Waals surface area contributed by atoms with Gasteiger partial charge in [-0.1, -0.05) is 62.4 Å². The summed E-state index contributed by atoms with van der Waals surface area (Å²) in [6.45, 7) is 4.40. The Bertz CT molecular complexity index is 1210. The number of carbonyl (C=O) groups is 1. The monoisotopic (exact) mass is 438 g/mol. The van der Waals surface area contributed by atoms with Crippen molar-refractivity contribution in [3.63, 3.8) is 0 Å². The summed E-state index contributed by atoms with van der Waals surface area (Å²) in [5, 5.41) is 7.28. The summed E-state index contributed by atoms with van der Waals surface area (Å²) in [7, 11) is 1.68. The van der Waals surface area contributed by atoms with Crippen LogP contribution in [-0.2, 0) is 4.79 Å². The van der Waals surface area contributed by atoms with E-state index in [1.165, 1.54) is 5.56 Å². The highest BCUT2D eigenvalue weighted by atomic mass is 16.5. The maximum absolute atomic E-state index is 13.7. The standard InChI is InChI=1S/C29H30N2O2/c1-18(2)19-11-13-20(14-12-19)29-28-26(30-24-9-4-5-10-25(24)31-29)16-22(17-27(28)32)21-7-6-8-23(15-21)33-3/h4-15,18,22,29-31H,16-17H2,1-3H3. The van der Waals surface area contributed by atoms with Crippen LogP contribution < -0.4 is 15.4 Å². The maximum Gasteiger partial charge on any atom is 0.163 e. The van der Waals surface area contributed by atoms with Crippen molar-refractivity contribution in [1.82, 2.24) is 0 Å². The van der Waals surface area contributed by atoms with Crippen LogP contribution in [0.4, 0.5) is 11.4 Å². The van der Waals surface area contributed by atoms with E-state index in [-0.39, 0.29) is 17.7 Å². The highest BCUT2D eigenvalue weighted by molar-refractivity contribution is 6.01. The van der Waals surface area contributed by atoms with Gasteiger partial charge in [-0.15, -0.1) is 0 Å². The molecule has 2 N–H and O–H groups in total. The summed E-state index contributed by atoms with van der Waals surface area (Å²) in [5.41, 5.74) is 7.42. The summed E-state index contributed by atoms with van der Waals surface area (Å²) in [6, 6.07) is 24.8. The third-order valence-corrected chi connectivity index (χ3v) is 6.81. The molecule has 168 valence electrons. The highest BCUT2D eigenvalue weighted by Gasteiger charge is 2.36. The number of Topliss-reactive ketones (excluding diaryl/α,β-unsaturated/α-hetero) is 1. The van der Waals surface area contributed by atoms with Crippen LogP contribution in [0, 0.1) is 0 Å². The lowest BCUT2D eigenvalue weighted by molar-refractivity contribution is -0.116. The zero-order valence-corrected chi connectivity index (χ0v) is 19.4. The second kappa shape index (κ2) is 8.78. The summed E-state index contributed by atoms with van der Waals surface area (Å²) < 4.78 is 5.42. The van der Waals surface area contributed by atoms with Gasteiger partial charge < -0.3 is 15.4 Å². The molecule has 1 aliphatic heterocycles. The molecule has 0 radical (unpaired) electrons. The normalized spacial score (nSPS) is 19.8. The Morgan fingerprint density at radius 3 is 2.36 bits per heavy atom. The smallest absolute Gasteiger partial charge is 0.163 e. The molecule has 0 spiro atoms. The second-order valence-electron chi connectivity index (χ2n) is 9.27. The van der Waals surface area contributed by atoms with E-state index in [0.29, 0.717) is 12.3 Å². The lowest BCUT2D eigenvalue weighted by Crippen LogP contribution is -2.26. The van der Waals surface area contributed by atoms with Crippen molar-refractivity contribution in [2.45, 2.75) is 44.6 Å². The number of ketones is 1. The summed E-state index contributed by atoms with van der Waals surface area (Å²) in [5.74, 6) is 1.60. The molecule has 1 heterocycles. The first-order valence-corrected chi connectivity index (χ1v) is 11.7. The van der Waals surface area contributed by atoms with Crippen molar-refractivity contribution >= 4 is 17.2 Å². The average Bonchev–Trinajstić information content (AvgIpc) is 3.01. The number of hydrogen-bond acceptors (Lipinski definition) is 4. The van der Waals surface area contributed by atoms with Gasteiger partial charge in [0.2, 0.25) is 0 Å². The Morgan fingerprint density at radius 1 is 0.879 bits per heavy atom. The van der Waals surface area contributed by atoms with Crippen LogP contribution in [0.25, 0.3) is 0 Å². The number of para-hydroxylation sites is 2. The van der Waals surface area contributed by atoms with E-state index in [4.69, 9.17) is 4.74 Å². The molecule has 3 aromatic rings. The molecule has 0 amide bonds. The predicted molar refractivity (Wildman–Crippen MR) is 134 cm³/mol. The zero-order chi connectivity index (χ0) is 22.9. The molecule has 2 aliphatic rings. The van der Waals surface area contributed by atoms with Crippen LogP contribution in [0.2, 0.25) is 0 Å². The van der Waals surface area contributed by atoms with E-state index in [0.717, 1.165) is 45.9 Å². The largest absolute Gasteiger partial charge is 0.497 e. The molecular formula is C29H30N2O2. The molecular weight excluding hydrogens is 408 g/mol. The molecule has 2 atom stereocenters. The van der Waals surface area contributed by atoms with Gasteiger partial charge in [0.25, 0.3) is 0 Å². The van der Waals surface area contributed by atoms with E-state index in [9.17, 15) is 4.79 Å². The summed E-state index contributed by atoms with van der Waals surface area (Å²) in [4.78, 5) is 13.7. The molecule has 33 heavy (non-hydrogen) atoms. The average molecular weight is 439 g/mol. The number of allylic oxidation sites excluding steroid dienone is 1. The maximum atomic E-state index is 13.7. The van der Waals surface area contributed by atoms with Gasteiger partial charge in [-0.3, -0.25) is 4.79 Å². The Balaban J connectivity index is 1.57. The first-order chi connectivity index (χ1) is 16.0. The van der Waals surface area contributed by atoms with Gasteiger partial charge in [-0.25, -0.2) is 0 Å². The minimum atomic E-state index is -0.184. The third kappa shape index (κ3) is 4.13. The SMILES string of the molecule is COc1cccc(C2CC(=O)C3=C(C2)Nc2ccccc2NC3c2ccc(C(C)C)cc2)c1. The first-order valence-electron chi connectivity index (χ1n) is 11.7. The van der Waals surface area contributed by atoms with Gasteiger partial charge in [0.1, 0.15) is 5.75 Å². The molecule has 2 unspecified atom stereocenters. The Morgan fingerprint density at radius 2 is 1.64 bits per heavy atom. The van der Waals surface area contributed by atoms with E-state index in [1.807, 2.05) is 24.3 Å². The van der Waals surface area contributed by atoms with Crippen molar-refractivity contribution in [2.24, 2.45) is 0 Å². The minimum Gasteiger partial charge on any atom is -0.497 e. The molecule has 4 heteroatoms. The lowest BCUT2D eigenvalue weighted by atomic mass is 9.78. The van der Waals surface area contributed by atoms with Crippen LogP contribution in [0.5, 0.6) is 5.75 Å². The quantitative estimate of drug-likeness (QED) is 0.470. The second-order valence-corrected chi connectivity index (χ2v) is 9.27. The van der Waals surface area contributed by atoms with Crippen molar-refractivity contribution in [3.05, 3.63) is 101 Å². The number of benzene rings is 3. The van der Waals surface area contributed by atoms with Crippen LogP contribution in [-0.4, -0.2) is 12.9 Å². The number of rotatable bonds is 4. The molecule has 5 rings (SSSR count). The van der Waals surface area contributed by atoms with Gasteiger partial charge in [0.05, 0.1) is 24.5 Å². The lowest BCUT2D eigenvalue weighted by Gasteiger charge is -2.30. The van der Waals surface area contributed by atoms with E-state index in [1.54, 1.807) is 7.11 Å². The fourth-order valence-corrected chi connectivity index (χ4v) is 4.95. The topological polar surface area (TPSA) is 50.4 Å². The Kier molecular flexibility index (Phi) is 5.67. The van der Waals surface area contributed by atoms with Gasteiger partial charge in [-0.2, -0.15) is 0 Å². The summed E-state index contributed by atoms with van der Waals surface area (Å²) >= 11 is 0. The fourth-order valence-electron chi connectivity index (χ4n) is 4.95.